The van der Waals surface area contributed by atoms with Crippen LogP contribution in [0.15, 0.2) is 111 Å². The number of halogens is 4. The molecule has 3 aliphatic rings. The number of carbonyl (C=O) groups excluding carboxylic acids is 2. The molecule has 63 heavy (non-hydrogen) atoms. The fraction of sp³-hybridized carbons (Fsp3) is 0.273. The first kappa shape index (κ1) is 41.3. The van der Waals surface area contributed by atoms with Crippen molar-refractivity contribution < 1.29 is 42.1 Å². The first-order valence-electron chi connectivity index (χ1n) is 19.6. The number of hydrogen-bond acceptors (Lipinski definition) is 10. The molecule has 2 aliphatic heterocycles. The third-order valence-corrected chi connectivity index (χ3v) is 12.5. The van der Waals surface area contributed by atoms with Crippen molar-refractivity contribution >= 4 is 40.1 Å². The zero-order valence-electron chi connectivity index (χ0n) is 33.6. The summed E-state index contributed by atoms with van der Waals surface area (Å²) in [6.45, 7) is -0.525. The van der Waals surface area contributed by atoms with Crippen LogP contribution in [0.5, 0.6) is 23.0 Å². The molecule has 9 rings (SSSR count). The lowest BCUT2D eigenvalue weighted by molar-refractivity contribution is -0.274. The van der Waals surface area contributed by atoms with Gasteiger partial charge in [-0.1, -0.05) is 54.1 Å². The fourth-order valence-electron chi connectivity index (χ4n) is 9.64. The first-order chi connectivity index (χ1) is 30.1. The number of ether oxygens (including phenoxy) is 3. The highest BCUT2D eigenvalue weighted by molar-refractivity contribution is 6.32. The van der Waals surface area contributed by atoms with E-state index in [0.717, 1.165) is 27.7 Å². The van der Waals surface area contributed by atoms with Gasteiger partial charge >= 0.3 is 17.7 Å². The molecule has 0 spiro atoms. The van der Waals surface area contributed by atoms with Gasteiger partial charge in [0, 0.05) is 48.6 Å². The topological polar surface area (TPSA) is 169 Å². The Morgan fingerprint density at radius 1 is 0.905 bits per heavy atom. The van der Waals surface area contributed by atoms with E-state index in [2.05, 4.69) is 9.72 Å². The van der Waals surface area contributed by atoms with Crippen LogP contribution in [0.3, 0.4) is 0 Å². The highest BCUT2D eigenvalue weighted by Gasteiger charge is 2.69. The van der Waals surface area contributed by atoms with Crippen molar-refractivity contribution in [3.63, 3.8) is 0 Å². The number of benzene rings is 4. The van der Waals surface area contributed by atoms with Crippen LogP contribution in [0, 0.1) is 5.92 Å². The van der Waals surface area contributed by atoms with Crippen molar-refractivity contribution in [2.75, 3.05) is 19.1 Å². The second-order valence-corrected chi connectivity index (χ2v) is 15.9. The number of amides is 2. The van der Waals surface area contributed by atoms with Crippen LogP contribution in [0.2, 0.25) is 5.02 Å². The number of phenolic OH excluding ortho intramolecular Hbond substituents is 1. The molecule has 2 aromatic heterocycles. The number of carbonyl (C=O) groups is 2. The van der Waals surface area contributed by atoms with Crippen molar-refractivity contribution in [3.8, 4) is 23.0 Å². The second kappa shape index (κ2) is 15.1. The monoisotopic (exact) mass is 884 g/mol. The molecule has 0 radical (unpaired) electrons. The molecule has 15 nitrogen and oxygen atoms in total. The number of nitrogens with zero attached hydrogens (tertiary/aromatic N) is 6. The molecule has 324 valence electrons. The minimum Gasteiger partial charge on any atom is -0.508 e. The third kappa shape index (κ3) is 6.41. The number of aromatic nitrogens is 5. The van der Waals surface area contributed by atoms with Gasteiger partial charge in [0.15, 0.2) is 11.5 Å². The summed E-state index contributed by atoms with van der Waals surface area (Å²) in [6.07, 6.45) is -3.90. The molecular weight excluding hydrogens is 849 g/mol. The van der Waals surface area contributed by atoms with E-state index in [-0.39, 0.29) is 53.5 Å². The van der Waals surface area contributed by atoms with E-state index in [1.54, 1.807) is 67.7 Å². The summed E-state index contributed by atoms with van der Waals surface area (Å²) in [7, 11) is 4.46. The van der Waals surface area contributed by atoms with Crippen LogP contribution in [-0.4, -0.2) is 61.0 Å². The van der Waals surface area contributed by atoms with Crippen LogP contribution in [0.1, 0.15) is 35.2 Å². The van der Waals surface area contributed by atoms with Crippen molar-refractivity contribution in [1.82, 2.24) is 23.5 Å². The number of imide groups is 1. The predicted octanol–water partition coefficient (Wildman–Crippen LogP) is 5.37. The summed E-state index contributed by atoms with van der Waals surface area (Å²) in [6, 6.07) is 19.3. The zero-order valence-corrected chi connectivity index (χ0v) is 34.4. The smallest absolute Gasteiger partial charge is 0.508 e. The average Bonchev–Trinajstić information content (AvgIpc) is 3.64. The minimum absolute atomic E-state index is 0.0504. The van der Waals surface area contributed by atoms with Gasteiger partial charge in [-0.2, -0.15) is 0 Å². The molecule has 2 amide bonds. The standard InChI is InChI=1S/C44H36ClF3N6O9/c1-50-33-22-36(62-3)35(61-2)21-31(33)49-30(39(50)57)15-16-51-41(59)52-17-14-27-32(54(52)42(51)60)20-29-38(56)53(25-11-7-10-24(45)18-25)40(58)43(29,23-8-5-4-6-9-23)37(27)28-19-26(12-13-34(28)55)63-44(46,47)48/h4-14,18-19,21-22,29,32,37,55H,15-17,20H2,1-3H3. The summed E-state index contributed by atoms with van der Waals surface area (Å²) in [5.41, 5.74) is -2.51. The SMILES string of the molecule is COc1cc2nc(CCn3c(=O)n4n(c3=O)C3CC5C(=O)N(c6cccc(Cl)c6)C(=O)C5(c5ccccc5)C(c5cc(OC(F)(F)F)ccc5O)C3=CC4)c(=O)n(C)c2cc1OC. The number of alkyl halides is 3. The number of aryl methyl sites for hydroxylation is 2. The Balaban J connectivity index is 1.20. The molecule has 4 unspecified atom stereocenters. The van der Waals surface area contributed by atoms with Gasteiger partial charge in [-0.25, -0.2) is 33.4 Å². The highest BCUT2D eigenvalue weighted by Crippen LogP contribution is 2.63. The Morgan fingerprint density at radius 3 is 2.33 bits per heavy atom. The van der Waals surface area contributed by atoms with Gasteiger partial charge in [0.2, 0.25) is 11.8 Å². The number of methoxy groups -OCH3 is 2. The van der Waals surface area contributed by atoms with E-state index in [1.807, 2.05) is 0 Å². The van der Waals surface area contributed by atoms with Gasteiger partial charge in [-0.3, -0.25) is 14.4 Å². The normalized spacial score (nSPS) is 20.6. The van der Waals surface area contributed by atoms with E-state index < -0.39 is 69.9 Å². The molecule has 4 atom stereocenters. The minimum atomic E-state index is -5.13. The molecule has 1 N–H and O–H groups in total. The van der Waals surface area contributed by atoms with Crippen molar-refractivity contribution in [2.45, 2.75) is 49.7 Å². The number of rotatable bonds is 9. The van der Waals surface area contributed by atoms with Gasteiger partial charge in [0.05, 0.1) is 54.9 Å². The molecule has 4 heterocycles. The van der Waals surface area contributed by atoms with Gasteiger partial charge in [-0.15, -0.1) is 13.2 Å². The predicted molar refractivity (Wildman–Crippen MR) is 222 cm³/mol. The molecule has 6 aromatic rings. The maximum absolute atomic E-state index is 15.4. The second-order valence-electron chi connectivity index (χ2n) is 15.4. The molecule has 1 saturated heterocycles. The Hall–Kier alpha value is -7.08. The maximum atomic E-state index is 15.4. The lowest BCUT2D eigenvalue weighted by Gasteiger charge is -2.49. The van der Waals surface area contributed by atoms with E-state index >= 15 is 4.79 Å². The number of hydrogen-bond donors (Lipinski definition) is 1. The zero-order chi connectivity index (χ0) is 44.7. The summed E-state index contributed by atoms with van der Waals surface area (Å²) in [5, 5.41) is 11.8. The Morgan fingerprint density at radius 2 is 1.63 bits per heavy atom. The van der Waals surface area contributed by atoms with Gasteiger partial charge in [-0.05, 0) is 54.0 Å². The van der Waals surface area contributed by atoms with Gasteiger partial charge in [0.1, 0.15) is 17.2 Å². The summed E-state index contributed by atoms with van der Waals surface area (Å²) in [5.74, 6) is -4.63. The molecule has 1 aliphatic carbocycles. The molecule has 4 aromatic carbocycles. The number of aromatic hydroxyl groups is 1. The lowest BCUT2D eigenvalue weighted by Crippen LogP contribution is -2.53. The van der Waals surface area contributed by atoms with Crippen molar-refractivity contribution in [3.05, 3.63) is 150 Å². The van der Waals surface area contributed by atoms with E-state index in [4.69, 9.17) is 21.1 Å². The number of allylic oxidation sites excluding steroid dienone is 2. The van der Waals surface area contributed by atoms with Crippen molar-refractivity contribution in [1.29, 1.82) is 0 Å². The molecule has 2 fully saturated rings. The van der Waals surface area contributed by atoms with Gasteiger partial charge < -0.3 is 23.9 Å². The first-order valence-corrected chi connectivity index (χ1v) is 20.0. The van der Waals surface area contributed by atoms with Crippen LogP contribution in [0.25, 0.3) is 11.0 Å². The molecule has 19 heteroatoms. The number of phenols is 1. The van der Waals surface area contributed by atoms with E-state index in [9.17, 15) is 37.5 Å². The number of anilines is 1. The number of fused-ring (bicyclic) bond motifs is 5. The summed E-state index contributed by atoms with van der Waals surface area (Å²) in [4.78, 5) is 78.3. The Bertz CT molecular complexity index is 3100. The lowest BCUT2D eigenvalue weighted by atomic mass is 9.53. The maximum Gasteiger partial charge on any atom is 0.573 e. The third-order valence-electron chi connectivity index (χ3n) is 12.3. The highest BCUT2D eigenvalue weighted by atomic mass is 35.5. The van der Waals surface area contributed by atoms with Crippen LogP contribution >= 0.6 is 11.6 Å². The largest absolute Gasteiger partial charge is 0.573 e. The average molecular weight is 885 g/mol. The summed E-state index contributed by atoms with van der Waals surface area (Å²) < 4.78 is 60.8. The quantitative estimate of drug-likeness (QED) is 0.147. The van der Waals surface area contributed by atoms with Crippen LogP contribution in [0.4, 0.5) is 18.9 Å². The molecule has 0 bridgehead atoms. The Kier molecular flexibility index (Phi) is 9.88. The van der Waals surface area contributed by atoms with E-state index in [0.29, 0.717) is 28.1 Å². The molecule has 1 saturated carbocycles. The summed E-state index contributed by atoms with van der Waals surface area (Å²) >= 11 is 6.36. The fourth-order valence-corrected chi connectivity index (χ4v) is 9.82. The van der Waals surface area contributed by atoms with Gasteiger partial charge in [0.25, 0.3) is 5.56 Å². The van der Waals surface area contributed by atoms with Crippen LogP contribution in [-0.2, 0) is 41.6 Å². The van der Waals surface area contributed by atoms with E-state index in [1.165, 1.54) is 40.3 Å². The molecular formula is C44H36ClF3N6O9. The van der Waals surface area contributed by atoms with Crippen molar-refractivity contribution in [2.24, 2.45) is 13.0 Å². The Labute approximate surface area is 359 Å². The van der Waals surface area contributed by atoms with Crippen LogP contribution < -0.4 is 36.0 Å².